The molecule has 0 aliphatic heterocycles. The Bertz CT molecular complexity index is 470. The summed E-state index contributed by atoms with van der Waals surface area (Å²) < 4.78 is 5.09. The highest BCUT2D eigenvalue weighted by molar-refractivity contribution is 6.38. The molecular formula is C9H9Cl3N2O. The molecule has 1 aromatic heterocycles. The van der Waals surface area contributed by atoms with Gasteiger partial charge >= 0.3 is 0 Å². The third-order valence-corrected chi connectivity index (χ3v) is 2.45. The number of nitrogens with zero attached hydrogens (tertiary/aromatic N) is 1. The van der Waals surface area contributed by atoms with E-state index in [2.05, 4.69) is 5.16 Å². The normalized spacial score (nSPS) is 10.3. The highest BCUT2D eigenvalue weighted by Crippen LogP contribution is 2.29. The van der Waals surface area contributed by atoms with Gasteiger partial charge in [0.05, 0.1) is 10.7 Å². The van der Waals surface area contributed by atoms with Gasteiger partial charge in [-0.2, -0.15) is 0 Å². The molecule has 0 fully saturated rings. The number of nitrogens with two attached hydrogens (primary N) is 1. The maximum absolute atomic E-state index is 5.93. The molecule has 0 atom stereocenters. The lowest BCUT2D eigenvalue weighted by molar-refractivity contribution is 0.446. The average Bonchev–Trinajstić information content (AvgIpc) is 2.49. The summed E-state index contributed by atoms with van der Waals surface area (Å²) in [4.78, 5) is 0. The van der Waals surface area contributed by atoms with Crippen LogP contribution in [-0.4, -0.2) is 11.7 Å². The fourth-order valence-corrected chi connectivity index (χ4v) is 1.86. The van der Waals surface area contributed by atoms with Crippen molar-refractivity contribution in [2.45, 2.75) is 6.42 Å². The molecule has 6 heteroatoms. The van der Waals surface area contributed by atoms with Crippen LogP contribution < -0.4 is 5.73 Å². The third-order valence-electron chi connectivity index (χ3n) is 1.95. The Morgan fingerprint density at radius 2 is 2.07 bits per heavy atom. The van der Waals surface area contributed by atoms with Gasteiger partial charge in [-0.05, 0) is 18.7 Å². The van der Waals surface area contributed by atoms with E-state index in [1.807, 2.05) is 0 Å². The van der Waals surface area contributed by atoms with Crippen molar-refractivity contribution in [1.82, 2.24) is 5.16 Å². The zero-order chi connectivity index (χ0) is 10.1. The Hall–Kier alpha value is -0.480. The van der Waals surface area contributed by atoms with E-state index >= 15 is 0 Å². The van der Waals surface area contributed by atoms with E-state index in [1.54, 1.807) is 12.1 Å². The molecule has 0 radical (unpaired) electrons. The van der Waals surface area contributed by atoms with Crippen LogP contribution in [0.3, 0.4) is 0 Å². The Labute approximate surface area is 103 Å². The van der Waals surface area contributed by atoms with E-state index in [9.17, 15) is 0 Å². The first-order valence-corrected chi connectivity index (χ1v) is 4.91. The van der Waals surface area contributed by atoms with Crippen LogP contribution in [0.2, 0.25) is 10.0 Å². The Kier molecular flexibility index (Phi) is 4.22. The van der Waals surface area contributed by atoms with Gasteiger partial charge in [0.1, 0.15) is 0 Å². The Balaban J connectivity index is 0.00000112. The minimum Gasteiger partial charge on any atom is -0.354 e. The lowest BCUT2D eigenvalue weighted by atomic mass is 10.2. The van der Waals surface area contributed by atoms with Gasteiger partial charge in [0, 0.05) is 16.8 Å². The third kappa shape index (κ3) is 2.37. The van der Waals surface area contributed by atoms with Crippen LogP contribution >= 0.6 is 35.6 Å². The molecule has 2 N–H and O–H groups in total. The van der Waals surface area contributed by atoms with E-state index in [4.69, 9.17) is 33.5 Å². The second kappa shape index (κ2) is 5.03. The molecule has 0 aliphatic carbocycles. The molecule has 2 rings (SSSR count). The van der Waals surface area contributed by atoms with E-state index in [0.717, 1.165) is 11.1 Å². The lowest BCUT2D eigenvalue weighted by Crippen LogP contribution is -2.02. The topological polar surface area (TPSA) is 52.0 Å². The molecule has 0 aliphatic rings. The second-order valence-corrected chi connectivity index (χ2v) is 3.78. The number of benzene rings is 1. The van der Waals surface area contributed by atoms with Gasteiger partial charge in [-0.25, -0.2) is 0 Å². The van der Waals surface area contributed by atoms with Crippen molar-refractivity contribution in [3.63, 3.8) is 0 Å². The number of halogens is 3. The summed E-state index contributed by atoms with van der Waals surface area (Å²) in [6.45, 7) is 0.520. The van der Waals surface area contributed by atoms with E-state index in [0.29, 0.717) is 28.6 Å². The van der Waals surface area contributed by atoms with Gasteiger partial charge in [-0.15, -0.1) is 12.4 Å². The standard InChI is InChI=1S/C9H8Cl2N2O.ClH/c10-5-3-6-8(1-2-12)13-14-9(6)7(11)4-5;/h3-4H,1-2,12H2;1H. The van der Waals surface area contributed by atoms with Gasteiger partial charge in [0.2, 0.25) is 0 Å². The van der Waals surface area contributed by atoms with Gasteiger partial charge in [0.15, 0.2) is 5.58 Å². The van der Waals surface area contributed by atoms with Crippen molar-refractivity contribution in [3.05, 3.63) is 27.9 Å². The monoisotopic (exact) mass is 266 g/mol. The molecule has 0 unspecified atom stereocenters. The summed E-state index contributed by atoms with van der Waals surface area (Å²) >= 11 is 11.8. The first-order valence-electron chi connectivity index (χ1n) is 4.15. The molecule has 82 valence electrons. The van der Waals surface area contributed by atoms with Gasteiger partial charge in [0.25, 0.3) is 0 Å². The van der Waals surface area contributed by atoms with Crippen LogP contribution in [0.15, 0.2) is 16.7 Å². The zero-order valence-corrected chi connectivity index (χ0v) is 9.99. The summed E-state index contributed by atoms with van der Waals surface area (Å²) in [6.07, 6.45) is 0.656. The summed E-state index contributed by atoms with van der Waals surface area (Å²) in [7, 11) is 0. The minimum absolute atomic E-state index is 0. The highest BCUT2D eigenvalue weighted by atomic mass is 35.5. The number of fused-ring (bicyclic) bond motifs is 1. The maximum Gasteiger partial charge on any atom is 0.185 e. The van der Waals surface area contributed by atoms with Crippen molar-refractivity contribution < 1.29 is 4.52 Å². The lowest BCUT2D eigenvalue weighted by Gasteiger charge is -1.94. The molecule has 1 heterocycles. The molecular weight excluding hydrogens is 258 g/mol. The van der Waals surface area contributed by atoms with Crippen molar-refractivity contribution >= 4 is 46.6 Å². The molecule has 0 spiro atoms. The summed E-state index contributed by atoms with van der Waals surface area (Å²) in [6, 6.07) is 3.41. The SMILES string of the molecule is Cl.NCCc1noc2c(Cl)cc(Cl)cc12. The smallest absolute Gasteiger partial charge is 0.185 e. The van der Waals surface area contributed by atoms with E-state index < -0.39 is 0 Å². The van der Waals surface area contributed by atoms with Crippen LogP contribution in [0.1, 0.15) is 5.69 Å². The summed E-state index contributed by atoms with van der Waals surface area (Å²) in [5, 5.41) is 5.78. The van der Waals surface area contributed by atoms with Crippen LogP contribution in [0.25, 0.3) is 11.0 Å². The van der Waals surface area contributed by atoms with Crippen molar-refractivity contribution in [2.24, 2.45) is 5.73 Å². The highest BCUT2D eigenvalue weighted by Gasteiger charge is 2.11. The van der Waals surface area contributed by atoms with E-state index in [-0.39, 0.29) is 12.4 Å². The largest absolute Gasteiger partial charge is 0.354 e. The Morgan fingerprint density at radius 3 is 2.73 bits per heavy atom. The predicted octanol–water partition coefficient (Wildman–Crippen LogP) is 3.06. The average molecular weight is 268 g/mol. The minimum atomic E-state index is 0. The molecule has 15 heavy (non-hydrogen) atoms. The van der Waals surface area contributed by atoms with Crippen molar-refractivity contribution in [1.29, 1.82) is 0 Å². The summed E-state index contributed by atoms with van der Waals surface area (Å²) in [5.74, 6) is 0. The van der Waals surface area contributed by atoms with Crippen LogP contribution in [-0.2, 0) is 6.42 Å². The first kappa shape index (κ1) is 12.6. The predicted molar refractivity (Wildman–Crippen MR) is 64.0 cm³/mol. The molecule has 0 amide bonds. The summed E-state index contributed by atoms with van der Waals surface area (Å²) in [5.41, 5.74) is 6.81. The maximum atomic E-state index is 5.93. The van der Waals surface area contributed by atoms with Crippen molar-refractivity contribution in [3.8, 4) is 0 Å². The van der Waals surface area contributed by atoms with Gasteiger partial charge in [-0.1, -0.05) is 28.4 Å². The number of hydrogen-bond donors (Lipinski definition) is 1. The van der Waals surface area contributed by atoms with E-state index in [1.165, 1.54) is 0 Å². The molecule has 0 saturated heterocycles. The second-order valence-electron chi connectivity index (χ2n) is 2.93. The van der Waals surface area contributed by atoms with Crippen LogP contribution in [0.5, 0.6) is 0 Å². The fourth-order valence-electron chi connectivity index (χ4n) is 1.33. The quantitative estimate of drug-likeness (QED) is 0.910. The number of hydrogen-bond acceptors (Lipinski definition) is 3. The van der Waals surface area contributed by atoms with Gasteiger partial charge in [-0.3, -0.25) is 0 Å². The Morgan fingerprint density at radius 1 is 1.33 bits per heavy atom. The van der Waals surface area contributed by atoms with Crippen molar-refractivity contribution in [2.75, 3.05) is 6.54 Å². The fraction of sp³-hybridized carbons (Fsp3) is 0.222. The number of aromatic nitrogens is 1. The molecule has 2 aromatic rings. The van der Waals surface area contributed by atoms with Crippen LogP contribution in [0, 0.1) is 0 Å². The molecule has 0 saturated carbocycles. The van der Waals surface area contributed by atoms with Crippen LogP contribution in [0.4, 0.5) is 0 Å². The molecule has 3 nitrogen and oxygen atoms in total. The number of rotatable bonds is 2. The molecule has 1 aromatic carbocycles. The first-order chi connectivity index (χ1) is 6.72. The van der Waals surface area contributed by atoms with Gasteiger partial charge < -0.3 is 10.3 Å². The zero-order valence-electron chi connectivity index (χ0n) is 7.67. The molecule has 0 bridgehead atoms.